The molecule has 1 aliphatic rings. The lowest BCUT2D eigenvalue weighted by molar-refractivity contribution is 0.0938. The monoisotopic (exact) mass is 246 g/mol. The van der Waals surface area contributed by atoms with Crippen molar-refractivity contribution in [2.75, 3.05) is 19.6 Å². The van der Waals surface area contributed by atoms with Gasteiger partial charge in [-0.25, -0.2) is 0 Å². The van der Waals surface area contributed by atoms with E-state index >= 15 is 0 Å². The predicted octanol–water partition coefficient (Wildman–Crippen LogP) is 1.97. The first-order valence-corrected chi connectivity index (χ1v) is 6.72. The standard InChI is InChI=1S/C15H22N2O/c1-11-4-3-5-13(8-11)15(18)17-10-14-6-7-16-9-12(14)2/h3-5,8,12,14,16H,6-7,9-10H2,1-2H3,(H,17,18). The van der Waals surface area contributed by atoms with Gasteiger partial charge in [0.1, 0.15) is 0 Å². The zero-order chi connectivity index (χ0) is 13.0. The third-order valence-corrected chi connectivity index (χ3v) is 3.77. The zero-order valence-corrected chi connectivity index (χ0v) is 11.2. The molecule has 2 N–H and O–H groups in total. The van der Waals surface area contributed by atoms with Crippen LogP contribution in [0, 0.1) is 18.8 Å². The molecule has 3 heteroatoms. The summed E-state index contributed by atoms with van der Waals surface area (Å²) in [5.74, 6) is 1.28. The topological polar surface area (TPSA) is 41.1 Å². The molecule has 0 aromatic heterocycles. The molecule has 0 aliphatic carbocycles. The minimum atomic E-state index is 0.0458. The minimum absolute atomic E-state index is 0.0458. The van der Waals surface area contributed by atoms with Crippen molar-refractivity contribution in [3.8, 4) is 0 Å². The number of carbonyl (C=O) groups excluding carboxylic acids is 1. The van der Waals surface area contributed by atoms with Crippen LogP contribution in [0.15, 0.2) is 24.3 Å². The van der Waals surface area contributed by atoms with Gasteiger partial charge in [0.15, 0.2) is 0 Å². The van der Waals surface area contributed by atoms with E-state index in [1.54, 1.807) is 0 Å². The van der Waals surface area contributed by atoms with Crippen molar-refractivity contribution in [3.63, 3.8) is 0 Å². The molecule has 1 aromatic carbocycles. The summed E-state index contributed by atoms with van der Waals surface area (Å²) in [7, 11) is 0. The van der Waals surface area contributed by atoms with E-state index in [0.29, 0.717) is 11.8 Å². The van der Waals surface area contributed by atoms with Gasteiger partial charge in [-0.3, -0.25) is 4.79 Å². The molecule has 1 fully saturated rings. The van der Waals surface area contributed by atoms with Gasteiger partial charge in [-0.05, 0) is 50.4 Å². The molecule has 1 amide bonds. The van der Waals surface area contributed by atoms with E-state index in [0.717, 1.165) is 37.2 Å². The zero-order valence-electron chi connectivity index (χ0n) is 11.2. The largest absolute Gasteiger partial charge is 0.352 e. The van der Waals surface area contributed by atoms with Crippen LogP contribution in [0.4, 0.5) is 0 Å². The van der Waals surface area contributed by atoms with Crippen LogP contribution < -0.4 is 10.6 Å². The fourth-order valence-electron chi connectivity index (χ4n) is 2.48. The third-order valence-electron chi connectivity index (χ3n) is 3.77. The lowest BCUT2D eigenvalue weighted by atomic mass is 9.88. The second-order valence-corrected chi connectivity index (χ2v) is 5.31. The van der Waals surface area contributed by atoms with Crippen LogP contribution in [-0.2, 0) is 0 Å². The van der Waals surface area contributed by atoms with Crippen molar-refractivity contribution in [2.45, 2.75) is 20.3 Å². The lowest BCUT2D eigenvalue weighted by Gasteiger charge is -2.29. The highest BCUT2D eigenvalue weighted by Crippen LogP contribution is 2.17. The highest BCUT2D eigenvalue weighted by atomic mass is 16.1. The second kappa shape index (κ2) is 6.01. The molecule has 2 atom stereocenters. The number of hydrogen-bond acceptors (Lipinski definition) is 2. The van der Waals surface area contributed by atoms with E-state index in [9.17, 15) is 4.79 Å². The summed E-state index contributed by atoms with van der Waals surface area (Å²) in [6.45, 7) is 7.16. The van der Waals surface area contributed by atoms with E-state index in [4.69, 9.17) is 0 Å². The van der Waals surface area contributed by atoms with E-state index in [2.05, 4.69) is 17.6 Å². The lowest BCUT2D eigenvalue weighted by Crippen LogP contribution is -2.41. The number of carbonyl (C=O) groups is 1. The van der Waals surface area contributed by atoms with Crippen molar-refractivity contribution in [2.24, 2.45) is 11.8 Å². The van der Waals surface area contributed by atoms with Crippen LogP contribution in [0.5, 0.6) is 0 Å². The Hall–Kier alpha value is -1.35. The van der Waals surface area contributed by atoms with Crippen molar-refractivity contribution in [3.05, 3.63) is 35.4 Å². The summed E-state index contributed by atoms with van der Waals surface area (Å²) in [6.07, 6.45) is 1.15. The van der Waals surface area contributed by atoms with E-state index in [1.165, 1.54) is 0 Å². The van der Waals surface area contributed by atoms with Gasteiger partial charge < -0.3 is 10.6 Å². The Morgan fingerprint density at radius 2 is 2.33 bits per heavy atom. The van der Waals surface area contributed by atoms with Crippen molar-refractivity contribution < 1.29 is 4.79 Å². The summed E-state index contributed by atoms with van der Waals surface area (Å²) in [5.41, 5.74) is 1.88. The quantitative estimate of drug-likeness (QED) is 0.856. The molecule has 18 heavy (non-hydrogen) atoms. The van der Waals surface area contributed by atoms with Gasteiger partial charge in [-0.1, -0.05) is 24.6 Å². The van der Waals surface area contributed by atoms with Gasteiger partial charge in [0.25, 0.3) is 5.91 Å². The van der Waals surface area contributed by atoms with Crippen LogP contribution in [0.1, 0.15) is 29.3 Å². The Bertz CT molecular complexity index is 417. The average molecular weight is 246 g/mol. The summed E-state index contributed by atoms with van der Waals surface area (Å²) in [4.78, 5) is 12.0. The van der Waals surface area contributed by atoms with Gasteiger partial charge in [-0.15, -0.1) is 0 Å². The van der Waals surface area contributed by atoms with Gasteiger partial charge >= 0.3 is 0 Å². The number of piperidine rings is 1. The molecule has 2 unspecified atom stereocenters. The van der Waals surface area contributed by atoms with Crippen molar-refractivity contribution in [1.82, 2.24) is 10.6 Å². The third kappa shape index (κ3) is 3.33. The van der Waals surface area contributed by atoms with Crippen LogP contribution >= 0.6 is 0 Å². The molecular weight excluding hydrogens is 224 g/mol. The molecule has 0 saturated carbocycles. The summed E-state index contributed by atoms with van der Waals surface area (Å²) in [5, 5.41) is 6.44. The summed E-state index contributed by atoms with van der Waals surface area (Å²) in [6, 6.07) is 7.73. The van der Waals surface area contributed by atoms with Crippen LogP contribution in [-0.4, -0.2) is 25.5 Å². The first-order chi connectivity index (χ1) is 8.66. The van der Waals surface area contributed by atoms with Gasteiger partial charge in [0, 0.05) is 12.1 Å². The van der Waals surface area contributed by atoms with Crippen LogP contribution in [0.25, 0.3) is 0 Å². The molecule has 1 aliphatic heterocycles. The number of rotatable bonds is 3. The smallest absolute Gasteiger partial charge is 0.251 e. The first kappa shape index (κ1) is 13.1. The number of aryl methyl sites for hydroxylation is 1. The van der Waals surface area contributed by atoms with Gasteiger partial charge in [0.05, 0.1) is 0 Å². The maximum Gasteiger partial charge on any atom is 0.251 e. The molecular formula is C15H22N2O. The number of benzene rings is 1. The van der Waals surface area contributed by atoms with E-state index in [1.807, 2.05) is 31.2 Å². The molecule has 0 bridgehead atoms. The second-order valence-electron chi connectivity index (χ2n) is 5.31. The number of nitrogens with one attached hydrogen (secondary N) is 2. The molecule has 1 heterocycles. The maximum atomic E-state index is 12.0. The van der Waals surface area contributed by atoms with Crippen LogP contribution in [0.3, 0.4) is 0 Å². The molecule has 98 valence electrons. The highest BCUT2D eigenvalue weighted by Gasteiger charge is 2.21. The highest BCUT2D eigenvalue weighted by molar-refractivity contribution is 5.94. The number of amides is 1. The molecule has 2 rings (SSSR count). The number of hydrogen-bond donors (Lipinski definition) is 2. The normalized spacial score (nSPS) is 23.7. The fraction of sp³-hybridized carbons (Fsp3) is 0.533. The SMILES string of the molecule is Cc1cccc(C(=O)NCC2CCNCC2C)c1. The first-order valence-electron chi connectivity index (χ1n) is 6.72. The van der Waals surface area contributed by atoms with E-state index in [-0.39, 0.29) is 5.91 Å². The Morgan fingerprint density at radius 1 is 1.50 bits per heavy atom. The van der Waals surface area contributed by atoms with Crippen molar-refractivity contribution in [1.29, 1.82) is 0 Å². The predicted molar refractivity (Wildman–Crippen MR) is 73.7 cm³/mol. The molecule has 1 aromatic rings. The Labute approximate surface area is 109 Å². The van der Waals surface area contributed by atoms with E-state index < -0.39 is 0 Å². The van der Waals surface area contributed by atoms with Gasteiger partial charge in [0.2, 0.25) is 0 Å². The molecule has 3 nitrogen and oxygen atoms in total. The molecule has 0 radical (unpaired) electrons. The minimum Gasteiger partial charge on any atom is -0.352 e. The van der Waals surface area contributed by atoms with Gasteiger partial charge in [-0.2, -0.15) is 0 Å². The molecule has 0 spiro atoms. The van der Waals surface area contributed by atoms with Crippen molar-refractivity contribution >= 4 is 5.91 Å². The average Bonchev–Trinajstić information content (AvgIpc) is 2.37. The Kier molecular flexibility index (Phi) is 4.37. The maximum absolute atomic E-state index is 12.0. The van der Waals surface area contributed by atoms with Crippen LogP contribution in [0.2, 0.25) is 0 Å². The Balaban J connectivity index is 1.88. The summed E-state index contributed by atoms with van der Waals surface area (Å²) < 4.78 is 0. The summed E-state index contributed by atoms with van der Waals surface area (Å²) >= 11 is 0. The Morgan fingerprint density at radius 3 is 3.06 bits per heavy atom. The molecule has 1 saturated heterocycles. The fourth-order valence-corrected chi connectivity index (χ4v) is 2.48.